The molecule has 0 atom stereocenters. The second kappa shape index (κ2) is 9.41. The Morgan fingerprint density at radius 3 is 2.50 bits per heavy atom. The Balaban J connectivity index is 1.72. The van der Waals surface area contributed by atoms with Crippen molar-refractivity contribution < 1.29 is 17.6 Å². The lowest BCUT2D eigenvalue weighted by Crippen LogP contribution is -2.42. The van der Waals surface area contributed by atoms with Crippen molar-refractivity contribution in [2.45, 2.75) is 13.5 Å². The van der Waals surface area contributed by atoms with E-state index < -0.39 is 52.7 Å². The van der Waals surface area contributed by atoms with E-state index in [4.69, 9.17) is 11.6 Å². The summed E-state index contributed by atoms with van der Waals surface area (Å²) >= 11 is 6.36. The molecule has 0 unspecified atom stereocenters. The fourth-order valence-corrected chi connectivity index (χ4v) is 4.11. The predicted molar refractivity (Wildman–Crippen MR) is 131 cm³/mol. The van der Waals surface area contributed by atoms with Gasteiger partial charge in [-0.2, -0.15) is 10.1 Å². The number of hydrogen-bond donors (Lipinski definition) is 1. The summed E-state index contributed by atoms with van der Waals surface area (Å²) in [6, 6.07) is 5.02. The first kappa shape index (κ1) is 25.1. The van der Waals surface area contributed by atoms with E-state index >= 15 is 0 Å². The zero-order valence-corrected chi connectivity index (χ0v) is 20.4. The second-order valence-corrected chi connectivity index (χ2v) is 8.83. The highest BCUT2D eigenvalue weighted by Gasteiger charge is 2.22. The summed E-state index contributed by atoms with van der Waals surface area (Å²) < 4.78 is 59.0. The first-order valence-electron chi connectivity index (χ1n) is 10.9. The number of pyridine rings is 1. The molecule has 0 aliphatic rings. The first-order valence-corrected chi connectivity index (χ1v) is 11.3. The van der Waals surface area contributed by atoms with Gasteiger partial charge < -0.3 is 5.32 Å². The summed E-state index contributed by atoms with van der Waals surface area (Å²) in [5, 5.41) is 7.81. The van der Waals surface area contributed by atoms with Crippen molar-refractivity contribution in [1.82, 2.24) is 28.9 Å². The molecule has 0 aliphatic heterocycles. The SMILES string of the molecule is Cc1cncc(-n2c(=O)nc(Nc3cc4cn(C)nc4cc3Cl)n(Cc3cc(F)c(F)c(F)c3F)c2=O)c1. The van der Waals surface area contributed by atoms with E-state index in [0.717, 1.165) is 4.57 Å². The van der Waals surface area contributed by atoms with Crippen molar-refractivity contribution >= 4 is 34.1 Å². The smallest absolute Gasteiger partial charge is 0.324 e. The van der Waals surface area contributed by atoms with Crippen molar-refractivity contribution in [2.75, 3.05) is 5.32 Å². The standard InChI is InChI=1S/C24H16ClF4N7O2/c1-11-3-14(8-30-7-11)36-23(37)32-22(31-18-5-12-9-34(2)33-17(12)6-15(18)25)35(24(36)38)10-13-4-16(26)20(28)21(29)19(13)27/h3-9H,10H2,1-2H3,(H,31,32,37). The van der Waals surface area contributed by atoms with Crippen LogP contribution >= 0.6 is 11.6 Å². The number of halogens is 5. The van der Waals surface area contributed by atoms with Crippen molar-refractivity contribution in [1.29, 1.82) is 0 Å². The van der Waals surface area contributed by atoms with Crippen LogP contribution in [-0.4, -0.2) is 28.9 Å². The molecule has 9 nitrogen and oxygen atoms in total. The predicted octanol–water partition coefficient (Wildman–Crippen LogP) is 3.99. The number of nitrogens with zero attached hydrogens (tertiary/aromatic N) is 6. The van der Waals surface area contributed by atoms with Gasteiger partial charge in [0.1, 0.15) is 0 Å². The van der Waals surface area contributed by atoms with E-state index in [1.807, 2.05) is 0 Å². The highest BCUT2D eigenvalue weighted by atomic mass is 35.5. The third-order valence-electron chi connectivity index (χ3n) is 5.65. The number of nitrogens with one attached hydrogen (secondary N) is 1. The average molecular weight is 546 g/mol. The minimum atomic E-state index is -2.04. The van der Waals surface area contributed by atoms with Crippen molar-refractivity contribution in [2.24, 2.45) is 7.05 Å². The molecule has 0 saturated carbocycles. The van der Waals surface area contributed by atoms with E-state index in [1.165, 1.54) is 24.5 Å². The average Bonchev–Trinajstić information content (AvgIpc) is 3.22. The number of benzene rings is 2. The topological polar surface area (TPSA) is 99.6 Å². The van der Waals surface area contributed by atoms with Gasteiger partial charge in [0.05, 0.1) is 34.7 Å². The molecule has 194 valence electrons. The van der Waals surface area contributed by atoms with Gasteiger partial charge in [-0.1, -0.05) is 11.6 Å². The van der Waals surface area contributed by atoms with Crippen LogP contribution in [0.15, 0.2) is 52.4 Å². The molecule has 5 aromatic rings. The monoisotopic (exact) mass is 545 g/mol. The molecular formula is C24H16ClF4N7O2. The third-order valence-corrected chi connectivity index (χ3v) is 5.96. The van der Waals surface area contributed by atoms with Gasteiger partial charge >= 0.3 is 11.4 Å². The summed E-state index contributed by atoms with van der Waals surface area (Å²) in [6.45, 7) is 0.861. The van der Waals surface area contributed by atoms with Gasteiger partial charge in [0.2, 0.25) is 5.95 Å². The Bertz CT molecular complexity index is 1870. The highest BCUT2D eigenvalue weighted by Crippen LogP contribution is 2.29. The Morgan fingerprint density at radius 1 is 1.00 bits per heavy atom. The maximum absolute atomic E-state index is 14.6. The fraction of sp³-hybridized carbons (Fsp3) is 0.125. The van der Waals surface area contributed by atoms with E-state index in [2.05, 4.69) is 20.4 Å². The summed E-state index contributed by atoms with van der Waals surface area (Å²) in [5.41, 5.74) is -1.31. The Hall–Kier alpha value is -4.52. The minimum absolute atomic E-state index is 0.0551. The normalized spacial score (nSPS) is 11.3. The molecule has 0 bridgehead atoms. The summed E-state index contributed by atoms with van der Waals surface area (Å²) in [4.78, 5) is 34.4. The molecular weight excluding hydrogens is 530 g/mol. The molecule has 3 heterocycles. The van der Waals surface area contributed by atoms with Crippen molar-refractivity contribution in [3.63, 3.8) is 0 Å². The van der Waals surface area contributed by atoms with Gasteiger partial charge in [0.25, 0.3) is 0 Å². The lowest BCUT2D eigenvalue weighted by Gasteiger charge is -2.17. The van der Waals surface area contributed by atoms with Crippen LogP contribution in [0.25, 0.3) is 16.6 Å². The Morgan fingerprint density at radius 2 is 1.76 bits per heavy atom. The zero-order valence-electron chi connectivity index (χ0n) is 19.6. The first-order chi connectivity index (χ1) is 18.0. The Kier molecular flexibility index (Phi) is 6.23. The molecule has 5 rings (SSSR count). The van der Waals surface area contributed by atoms with E-state index in [-0.39, 0.29) is 16.4 Å². The van der Waals surface area contributed by atoms with Crippen LogP contribution < -0.4 is 16.7 Å². The van der Waals surface area contributed by atoms with Crippen LogP contribution in [0, 0.1) is 30.2 Å². The molecule has 0 fully saturated rings. The van der Waals surface area contributed by atoms with Gasteiger partial charge in [0.15, 0.2) is 23.3 Å². The lowest BCUT2D eigenvalue weighted by atomic mass is 10.2. The largest absolute Gasteiger partial charge is 0.359 e. The van der Waals surface area contributed by atoms with Gasteiger partial charge in [0, 0.05) is 30.4 Å². The minimum Gasteiger partial charge on any atom is -0.324 e. The van der Waals surface area contributed by atoms with E-state index in [0.29, 0.717) is 27.1 Å². The molecule has 14 heteroatoms. The van der Waals surface area contributed by atoms with Gasteiger partial charge in [-0.05, 0) is 36.8 Å². The van der Waals surface area contributed by atoms with Crippen LogP contribution in [0.3, 0.4) is 0 Å². The fourth-order valence-electron chi connectivity index (χ4n) is 3.91. The Labute approximate surface area is 215 Å². The summed E-state index contributed by atoms with van der Waals surface area (Å²) in [6.07, 6.45) is 4.42. The molecule has 0 spiro atoms. The molecule has 2 aromatic carbocycles. The van der Waals surface area contributed by atoms with E-state index in [9.17, 15) is 27.2 Å². The lowest BCUT2D eigenvalue weighted by molar-refractivity contribution is 0.402. The van der Waals surface area contributed by atoms with Crippen molar-refractivity contribution in [3.8, 4) is 5.69 Å². The quantitative estimate of drug-likeness (QED) is 0.204. The van der Waals surface area contributed by atoms with Crippen LogP contribution in [-0.2, 0) is 13.6 Å². The summed E-state index contributed by atoms with van der Waals surface area (Å²) in [7, 11) is 1.70. The van der Waals surface area contributed by atoms with Crippen LogP contribution in [0.2, 0.25) is 5.02 Å². The molecule has 0 amide bonds. The maximum Gasteiger partial charge on any atom is 0.359 e. The van der Waals surface area contributed by atoms with Gasteiger partial charge in [-0.3, -0.25) is 14.2 Å². The second-order valence-electron chi connectivity index (χ2n) is 8.42. The van der Waals surface area contributed by atoms with E-state index in [1.54, 1.807) is 30.9 Å². The zero-order chi connectivity index (χ0) is 27.3. The number of rotatable bonds is 5. The molecule has 1 N–H and O–H groups in total. The highest BCUT2D eigenvalue weighted by molar-refractivity contribution is 6.34. The van der Waals surface area contributed by atoms with Crippen molar-refractivity contribution in [3.05, 3.63) is 103 Å². The maximum atomic E-state index is 14.6. The molecule has 0 aliphatic carbocycles. The van der Waals surface area contributed by atoms with Crippen LogP contribution in [0.4, 0.5) is 29.2 Å². The van der Waals surface area contributed by atoms with Crippen LogP contribution in [0.1, 0.15) is 11.1 Å². The van der Waals surface area contributed by atoms with Gasteiger partial charge in [-0.15, -0.1) is 0 Å². The number of hydrogen-bond acceptors (Lipinski definition) is 6. The molecule has 0 saturated heterocycles. The third kappa shape index (κ3) is 4.41. The number of fused-ring (bicyclic) bond motifs is 1. The molecule has 38 heavy (non-hydrogen) atoms. The summed E-state index contributed by atoms with van der Waals surface area (Å²) in [5.74, 6) is -7.81. The molecule has 0 radical (unpaired) electrons. The van der Waals surface area contributed by atoms with Crippen LogP contribution in [0.5, 0.6) is 0 Å². The van der Waals surface area contributed by atoms with Gasteiger partial charge in [-0.25, -0.2) is 31.7 Å². The number of anilines is 2. The number of aromatic nitrogens is 6. The molecule has 3 aromatic heterocycles. The number of aryl methyl sites for hydroxylation is 2.